The molecule has 2 rings (SSSR count). The highest BCUT2D eigenvalue weighted by atomic mass is 16.5. The zero-order valence-electron chi connectivity index (χ0n) is 12.3. The van der Waals surface area contributed by atoms with Gasteiger partial charge in [-0.15, -0.1) is 0 Å². The van der Waals surface area contributed by atoms with Crippen molar-refractivity contribution in [3.8, 4) is 23.0 Å². The SMILES string of the molecule is COc1ccc(OC)c(NC(C)c2cc(O)cc(O)c2)c1. The number of anilines is 1. The summed E-state index contributed by atoms with van der Waals surface area (Å²) in [6.45, 7) is 1.92. The molecule has 0 saturated heterocycles. The van der Waals surface area contributed by atoms with Crippen molar-refractivity contribution in [1.82, 2.24) is 0 Å². The summed E-state index contributed by atoms with van der Waals surface area (Å²) in [6, 6.07) is 9.82. The Labute approximate surface area is 123 Å². The molecule has 0 saturated carbocycles. The molecule has 5 nitrogen and oxygen atoms in total. The van der Waals surface area contributed by atoms with Crippen LogP contribution in [0.4, 0.5) is 5.69 Å². The standard InChI is InChI=1S/C16H19NO4/c1-10(11-6-12(18)8-13(19)7-11)17-15-9-14(20-2)4-5-16(15)21-3/h4-10,17-19H,1-3H3. The molecule has 2 aromatic rings. The molecule has 0 aliphatic heterocycles. The van der Waals surface area contributed by atoms with Gasteiger partial charge in [0.1, 0.15) is 23.0 Å². The molecule has 2 aromatic carbocycles. The van der Waals surface area contributed by atoms with Gasteiger partial charge in [-0.1, -0.05) is 0 Å². The van der Waals surface area contributed by atoms with E-state index in [2.05, 4.69) is 5.32 Å². The fraction of sp³-hybridized carbons (Fsp3) is 0.250. The molecule has 0 heterocycles. The van der Waals surface area contributed by atoms with Crippen LogP contribution in [-0.2, 0) is 0 Å². The van der Waals surface area contributed by atoms with E-state index in [1.54, 1.807) is 26.4 Å². The number of hydrogen-bond acceptors (Lipinski definition) is 5. The molecule has 112 valence electrons. The van der Waals surface area contributed by atoms with E-state index in [4.69, 9.17) is 9.47 Å². The quantitative estimate of drug-likeness (QED) is 0.788. The van der Waals surface area contributed by atoms with Crippen LogP contribution in [0.1, 0.15) is 18.5 Å². The number of ether oxygens (including phenoxy) is 2. The van der Waals surface area contributed by atoms with Crippen LogP contribution < -0.4 is 14.8 Å². The van der Waals surface area contributed by atoms with Crippen LogP contribution in [0.5, 0.6) is 23.0 Å². The number of aromatic hydroxyl groups is 2. The highest BCUT2D eigenvalue weighted by Gasteiger charge is 2.12. The predicted octanol–water partition coefficient (Wildman–Crippen LogP) is 3.29. The monoisotopic (exact) mass is 289 g/mol. The third-order valence-electron chi connectivity index (χ3n) is 3.20. The van der Waals surface area contributed by atoms with Crippen LogP contribution in [0.15, 0.2) is 36.4 Å². The van der Waals surface area contributed by atoms with E-state index in [0.29, 0.717) is 11.5 Å². The second-order valence-corrected chi connectivity index (χ2v) is 4.71. The average molecular weight is 289 g/mol. The van der Waals surface area contributed by atoms with Crippen LogP contribution in [0, 0.1) is 0 Å². The number of phenols is 2. The Hall–Kier alpha value is -2.56. The average Bonchev–Trinajstić information content (AvgIpc) is 2.46. The minimum atomic E-state index is -0.135. The van der Waals surface area contributed by atoms with Gasteiger partial charge in [-0.2, -0.15) is 0 Å². The van der Waals surface area contributed by atoms with E-state index < -0.39 is 0 Å². The Balaban J connectivity index is 2.27. The van der Waals surface area contributed by atoms with Crippen LogP contribution >= 0.6 is 0 Å². The molecule has 0 aliphatic carbocycles. The summed E-state index contributed by atoms with van der Waals surface area (Å²) in [7, 11) is 3.19. The van der Waals surface area contributed by atoms with Gasteiger partial charge in [-0.3, -0.25) is 0 Å². The van der Waals surface area contributed by atoms with Gasteiger partial charge in [-0.25, -0.2) is 0 Å². The molecule has 0 fully saturated rings. The van der Waals surface area contributed by atoms with Crippen LogP contribution in [0.25, 0.3) is 0 Å². The molecule has 1 unspecified atom stereocenters. The van der Waals surface area contributed by atoms with E-state index in [1.165, 1.54) is 6.07 Å². The fourth-order valence-electron chi connectivity index (χ4n) is 2.11. The second kappa shape index (κ2) is 6.26. The molecule has 0 amide bonds. The molecule has 0 bridgehead atoms. The molecular formula is C16H19NO4. The highest BCUT2D eigenvalue weighted by molar-refractivity contribution is 5.61. The number of benzene rings is 2. The van der Waals surface area contributed by atoms with Crippen LogP contribution in [-0.4, -0.2) is 24.4 Å². The topological polar surface area (TPSA) is 71.0 Å². The van der Waals surface area contributed by atoms with E-state index in [1.807, 2.05) is 25.1 Å². The first-order chi connectivity index (χ1) is 10.0. The summed E-state index contributed by atoms with van der Waals surface area (Å²) in [4.78, 5) is 0. The summed E-state index contributed by atoms with van der Waals surface area (Å²) in [5.74, 6) is 1.45. The van der Waals surface area contributed by atoms with Crippen molar-refractivity contribution in [3.63, 3.8) is 0 Å². The summed E-state index contributed by atoms with van der Waals surface area (Å²) in [6.07, 6.45) is 0. The van der Waals surface area contributed by atoms with Gasteiger partial charge in [0.05, 0.1) is 19.9 Å². The molecule has 0 aliphatic rings. The lowest BCUT2D eigenvalue weighted by atomic mass is 10.1. The minimum absolute atomic E-state index is 0.0243. The number of hydrogen-bond donors (Lipinski definition) is 3. The number of nitrogens with one attached hydrogen (secondary N) is 1. The second-order valence-electron chi connectivity index (χ2n) is 4.71. The van der Waals surface area contributed by atoms with Gasteiger partial charge >= 0.3 is 0 Å². The maximum Gasteiger partial charge on any atom is 0.142 e. The van der Waals surface area contributed by atoms with E-state index in [0.717, 1.165) is 11.3 Å². The maximum atomic E-state index is 9.56. The lowest BCUT2D eigenvalue weighted by Gasteiger charge is -2.19. The molecule has 1 atom stereocenters. The summed E-state index contributed by atoms with van der Waals surface area (Å²) in [5, 5.41) is 22.4. The van der Waals surface area contributed by atoms with Crippen molar-refractivity contribution in [3.05, 3.63) is 42.0 Å². The molecule has 3 N–H and O–H groups in total. The Morgan fingerprint density at radius 1 is 0.952 bits per heavy atom. The largest absolute Gasteiger partial charge is 0.508 e. The number of methoxy groups -OCH3 is 2. The Bertz CT molecular complexity index is 607. The van der Waals surface area contributed by atoms with E-state index >= 15 is 0 Å². The molecule has 0 spiro atoms. The first-order valence-electron chi connectivity index (χ1n) is 6.55. The van der Waals surface area contributed by atoms with Gasteiger partial charge < -0.3 is 25.0 Å². The predicted molar refractivity (Wildman–Crippen MR) is 81.4 cm³/mol. The van der Waals surface area contributed by atoms with Gasteiger partial charge in [0.25, 0.3) is 0 Å². The smallest absolute Gasteiger partial charge is 0.142 e. The molecule has 5 heteroatoms. The summed E-state index contributed by atoms with van der Waals surface area (Å²) < 4.78 is 10.5. The molecule has 0 aromatic heterocycles. The fourth-order valence-corrected chi connectivity index (χ4v) is 2.11. The summed E-state index contributed by atoms with van der Waals surface area (Å²) >= 11 is 0. The molecular weight excluding hydrogens is 270 g/mol. The maximum absolute atomic E-state index is 9.56. The van der Waals surface area contributed by atoms with Gasteiger partial charge in [-0.05, 0) is 36.8 Å². The highest BCUT2D eigenvalue weighted by Crippen LogP contribution is 2.33. The van der Waals surface area contributed by atoms with Gasteiger partial charge in [0.2, 0.25) is 0 Å². The van der Waals surface area contributed by atoms with Crippen LogP contribution in [0.3, 0.4) is 0 Å². The third kappa shape index (κ3) is 3.51. The van der Waals surface area contributed by atoms with Crippen molar-refractivity contribution in [2.75, 3.05) is 19.5 Å². The van der Waals surface area contributed by atoms with Crippen molar-refractivity contribution in [2.24, 2.45) is 0 Å². The lowest BCUT2D eigenvalue weighted by Crippen LogP contribution is -2.07. The van der Waals surface area contributed by atoms with E-state index in [-0.39, 0.29) is 17.5 Å². The third-order valence-corrected chi connectivity index (χ3v) is 3.20. The Kier molecular flexibility index (Phi) is 4.42. The van der Waals surface area contributed by atoms with Crippen molar-refractivity contribution in [1.29, 1.82) is 0 Å². The zero-order chi connectivity index (χ0) is 15.4. The van der Waals surface area contributed by atoms with Crippen LogP contribution in [0.2, 0.25) is 0 Å². The Morgan fingerprint density at radius 3 is 2.19 bits per heavy atom. The van der Waals surface area contributed by atoms with E-state index in [9.17, 15) is 10.2 Å². The van der Waals surface area contributed by atoms with Gasteiger partial charge in [0.15, 0.2) is 0 Å². The molecule has 21 heavy (non-hydrogen) atoms. The molecule has 0 radical (unpaired) electrons. The number of phenolic OH excluding ortho intramolecular Hbond substituents is 2. The van der Waals surface area contributed by atoms with Crippen molar-refractivity contribution < 1.29 is 19.7 Å². The van der Waals surface area contributed by atoms with Crippen molar-refractivity contribution in [2.45, 2.75) is 13.0 Å². The lowest BCUT2D eigenvalue weighted by molar-refractivity contribution is 0.404. The Morgan fingerprint density at radius 2 is 1.62 bits per heavy atom. The minimum Gasteiger partial charge on any atom is -0.508 e. The first kappa shape index (κ1) is 14.8. The summed E-state index contributed by atoms with van der Waals surface area (Å²) in [5.41, 5.74) is 1.53. The first-order valence-corrected chi connectivity index (χ1v) is 6.55. The zero-order valence-corrected chi connectivity index (χ0v) is 12.3. The number of rotatable bonds is 5. The van der Waals surface area contributed by atoms with Crippen molar-refractivity contribution >= 4 is 5.69 Å². The van der Waals surface area contributed by atoms with Gasteiger partial charge in [0, 0.05) is 18.2 Å². The normalized spacial score (nSPS) is 11.8.